The number of rotatable bonds is 15. The Bertz CT molecular complexity index is 1170. The first-order valence-corrected chi connectivity index (χ1v) is 15.3. The van der Waals surface area contributed by atoms with Crippen molar-refractivity contribution in [3.8, 4) is 17.2 Å². The molecule has 40 heavy (non-hydrogen) atoms. The van der Waals surface area contributed by atoms with Crippen molar-refractivity contribution in [3.05, 3.63) is 90.0 Å². The highest BCUT2D eigenvalue weighted by Crippen LogP contribution is 2.46. The van der Waals surface area contributed by atoms with Crippen molar-refractivity contribution >= 4 is 8.03 Å². The van der Waals surface area contributed by atoms with E-state index >= 15 is 0 Å². The van der Waals surface area contributed by atoms with Crippen LogP contribution in [0.15, 0.2) is 78.9 Å². The summed E-state index contributed by atoms with van der Waals surface area (Å²) in [5, 5.41) is 13.1. The number of aliphatic hydroxyl groups is 1. The average Bonchev–Trinajstić information content (AvgIpc) is 2.99. The van der Waals surface area contributed by atoms with Gasteiger partial charge in [-0.25, -0.2) is 0 Å². The molecule has 3 aromatic rings. The highest BCUT2D eigenvalue weighted by Gasteiger charge is 2.50. The lowest BCUT2D eigenvalue weighted by molar-refractivity contribution is 0.104. The van der Waals surface area contributed by atoms with Crippen LogP contribution in [-0.4, -0.2) is 47.1 Å². The Morgan fingerprint density at radius 1 is 0.825 bits per heavy atom. The minimum absolute atomic E-state index is 0.159. The first-order valence-electron chi connectivity index (χ1n) is 14.1. The normalized spacial score (nSPS) is 16.5. The molecule has 0 bridgehead atoms. The second-order valence-corrected chi connectivity index (χ2v) is 12.2. The molecule has 7 nitrogen and oxygen atoms in total. The van der Waals surface area contributed by atoms with Gasteiger partial charge in [0.05, 0.1) is 0 Å². The molecule has 3 unspecified atom stereocenters. The Morgan fingerprint density at radius 2 is 1.43 bits per heavy atom. The predicted octanol–water partition coefficient (Wildman–Crippen LogP) is 6.04. The summed E-state index contributed by atoms with van der Waals surface area (Å²) < 4.78 is 29.5. The number of hydrogen-bond donors (Lipinski definition) is 3. The summed E-state index contributed by atoms with van der Waals surface area (Å²) in [6, 6.07) is 25.5. The molecule has 4 rings (SSSR count). The number of ether oxygens (including phenoxy) is 3. The third-order valence-corrected chi connectivity index (χ3v) is 8.77. The minimum Gasteiger partial charge on any atom is -0.491 e. The molecule has 1 saturated carbocycles. The fraction of sp³-hybridized carbons (Fsp3) is 0.438. The van der Waals surface area contributed by atoms with Gasteiger partial charge in [-0.1, -0.05) is 48.9 Å². The van der Waals surface area contributed by atoms with Crippen molar-refractivity contribution in [2.24, 2.45) is 0 Å². The quantitative estimate of drug-likeness (QED) is 0.193. The van der Waals surface area contributed by atoms with Crippen molar-refractivity contribution in [2.75, 3.05) is 19.8 Å². The van der Waals surface area contributed by atoms with E-state index in [4.69, 9.17) is 14.2 Å². The maximum absolute atomic E-state index is 12.0. The van der Waals surface area contributed by atoms with Gasteiger partial charge >= 0.3 is 8.03 Å². The predicted molar refractivity (Wildman–Crippen MR) is 157 cm³/mol. The molecule has 0 heterocycles. The molecule has 0 aliphatic heterocycles. The van der Waals surface area contributed by atoms with Gasteiger partial charge in [0.25, 0.3) is 0 Å². The molecular formula is C32H41NO6P+. The van der Waals surface area contributed by atoms with Gasteiger partial charge in [0.15, 0.2) is 0 Å². The lowest BCUT2D eigenvalue weighted by atomic mass is 9.89. The number of hydrogen-bond acceptors (Lipinski definition) is 6. The van der Waals surface area contributed by atoms with Crippen LogP contribution in [-0.2, 0) is 17.6 Å². The van der Waals surface area contributed by atoms with E-state index in [-0.39, 0.29) is 19.3 Å². The van der Waals surface area contributed by atoms with Crippen molar-refractivity contribution in [1.29, 1.82) is 0 Å². The second kappa shape index (κ2) is 15.2. The van der Waals surface area contributed by atoms with Crippen LogP contribution >= 0.6 is 8.03 Å². The fourth-order valence-electron chi connectivity index (χ4n) is 4.93. The van der Waals surface area contributed by atoms with E-state index < -0.39 is 19.3 Å². The monoisotopic (exact) mass is 566 g/mol. The summed E-state index contributed by atoms with van der Waals surface area (Å²) in [5.74, 6) is 2.17. The summed E-state index contributed by atoms with van der Waals surface area (Å²) in [6.07, 6.45) is 4.72. The Labute approximate surface area is 238 Å². The van der Waals surface area contributed by atoms with E-state index in [0.29, 0.717) is 18.9 Å². The van der Waals surface area contributed by atoms with Gasteiger partial charge in [0.2, 0.25) is 5.16 Å². The maximum atomic E-state index is 12.0. The van der Waals surface area contributed by atoms with E-state index in [1.807, 2.05) is 78.9 Å². The van der Waals surface area contributed by atoms with E-state index in [1.165, 1.54) is 0 Å². The van der Waals surface area contributed by atoms with Gasteiger partial charge in [-0.05, 0) is 78.3 Å². The molecule has 8 heteroatoms. The summed E-state index contributed by atoms with van der Waals surface area (Å²) in [4.78, 5) is 9.88. The second-order valence-electron chi connectivity index (χ2n) is 10.7. The number of benzene rings is 3. The smallest absolute Gasteiger partial charge is 0.491 e. The standard InChI is InChI=1S/C32H40NO6P/c1-25(20-26-10-12-31(13-11-26)39-24-32(40(35)36)18-6-3-7-19-32)33-21-28(34)23-38-30-16-14-29(15-17-30)37-22-27-8-4-2-5-9-27/h2,4-5,8-17,25,28,33-34H,3,6-7,18-24H2,1H3/p+1. The summed E-state index contributed by atoms with van der Waals surface area (Å²) in [6.45, 7) is 3.48. The minimum atomic E-state index is -2.27. The third-order valence-electron chi connectivity index (χ3n) is 7.38. The molecule has 0 amide bonds. The van der Waals surface area contributed by atoms with Crippen molar-refractivity contribution in [2.45, 2.75) is 69.4 Å². The molecule has 3 aromatic carbocycles. The van der Waals surface area contributed by atoms with Crippen molar-refractivity contribution in [3.63, 3.8) is 0 Å². The maximum Gasteiger partial charge on any atom is 0.515 e. The summed E-state index contributed by atoms with van der Waals surface area (Å²) in [7, 11) is -2.27. The topological polar surface area (TPSA) is 97.3 Å². The Kier molecular flexibility index (Phi) is 11.4. The van der Waals surface area contributed by atoms with Crippen LogP contribution in [0.3, 0.4) is 0 Å². The SMILES string of the molecule is CC(Cc1ccc(OCC2([P+](=O)O)CCCCC2)cc1)NCC(O)COc1ccc(OCc2ccccc2)cc1. The van der Waals surface area contributed by atoms with E-state index in [9.17, 15) is 14.6 Å². The van der Waals surface area contributed by atoms with Crippen LogP contribution < -0.4 is 19.5 Å². The molecule has 3 atom stereocenters. The summed E-state index contributed by atoms with van der Waals surface area (Å²) in [5.41, 5.74) is 2.26. The molecule has 0 spiro atoms. The van der Waals surface area contributed by atoms with E-state index in [0.717, 1.165) is 61.2 Å². The zero-order valence-corrected chi connectivity index (χ0v) is 24.1. The Hall–Kier alpha value is -2.96. The van der Waals surface area contributed by atoms with Crippen LogP contribution in [0, 0.1) is 0 Å². The third kappa shape index (κ3) is 9.31. The molecule has 0 radical (unpaired) electrons. The van der Waals surface area contributed by atoms with Gasteiger partial charge in [-0.15, -0.1) is 0 Å². The van der Waals surface area contributed by atoms with Crippen LogP contribution in [0.5, 0.6) is 17.2 Å². The van der Waals surface area contributed by atoms with Crippen LogP contribution in [0.25, 0.3) is 0 Å². The van der Waals surface area contributed by atoms with Gasteiger partial charge in [0.1, 0.15) is 43.2 Å². The fourth-order valence-corrected chi connectivity index (χ4v) is 5.80. The molecule has 1 fully saturated rings. The van der Waals surface area contributed by atoms with Crippen molar-refractivity contribution < 1.29 is 28.8 Å². The van der Waals surface area contributed by atoms with E-state index in [2.05, 4.69) is 12.2 Å². The average molecular weight is 567 g/mol. The van der Waals surface area contributed by atoms with Crippen LogP contribution in [0.4, 0.5) is 0 Å². The molecule has 0 saturated heterocycles. The first-order chi connectivity index (χ1) is 19.4. The zero-order valence-electron chi connectivity index (χ0n) is 23.2. The number of nitrogens with one attached hydrogen (secondary N) is 1. The van der Waals surface area contributed by atoms with Gasteiger partial charge in [-0.3, -0.25) is 0 Å². The highest BCUT2D eigenvalue weighted by molar-refractivity contribution is 7.40. The van der Waals surface area contributed by atoms with Crippen molar-refractivity contribution in [1.82, 2.24) is 5.32 Å². The molecule has 1 aliphatic rings. The molecule has 214 valence electrons. The number of aliphatic hydroxyl groups excluding tert-OH is 1. The highest BCUT2D eigenvalue weighted by atomic mass is 31.1. The zero-order chi connectivity index (χ0) is 28.2. The molecular weight excluding hydrogens is 525 g/mol. The van der Waals surface area contributed by atoms with Gasteiger partial charge in [0, 0.05) is 25.4 Å². The van der Waals surface area contributed by atoms with E-state index in [1.54, 1.807) is 0 Å². The van der Waals surface area contributed by atoms with Gasteiger partial charge < -0.3 is 24.6 Å². The first kappa shape index (κ1) is 30.0. The lowest BCUT2D eigenvalue weighted by Crippen LogP contribution is -2.37. The molecule has 1 aliphatic carbocycles. The lowest BCUT2D eigenvalue weighted by Gasteiger charge is -2.25. The van der Waals surface area contributed by atoms with Gasteiger partial charge in [-0.2, -0.15) is 4.89 Å². The van der Waals surface area contributed by atoms with Crippen LogP contribution in [0.1, 0.15) is 50.2 Å². The molecule has 3 N–H and O–H groups in total. The van der Waals surface area contributed by atoms with Crippen LogP contribution in [0.2, 0.25) is 0 Å². The Morgan fingerprint density at radius 3 is 2.08 bits per heavy atom. The Balaban J connectivity index is 1.13. The molecule has 0 aromatic heterocycles. The largest absolute Gasteiger partial charge is 0.515 e. The summed E-state index contributed by atoms with van der Waals surface area (Å²) >= 11 is 0.